The van der Waals surface area contributed by atoms with Crippen LogP contribution in [0.2, 0.25) is 0 Å². The molecule has 5 aliphatic rings. The fourth-order valence-electron chi connectivity index (χ4n) is 7.34. The van der Waals surface area contributed by atoms with Crippen LogP contribution in [0, 0.1) is 37.4 Å². The second-order valence-electron chi connectivity index (χ2n) is 12.4. The first-order valence-electron chi connectivity index (χ1n) is 16.0. The standard InChI is InChI=1S/C38H39N7.Ir/c1-29-24-40(27-43(29)32-12-6-4-7-13-32)21-20-39-19-18-35-37(42-25-30(2)44(28-42)33-14-8-5-9-15-33)34-16-10-11-17-36(34)45-31(3)26-41(23-22-39)38(35)45;/h4-12,14,16-17,24-28,38H,18-23H2,1-3H3;/q-6;. The molecule has 0 saturated carbocycles. The van der Waals surface area contributed by atoms with Gasteiger partial charge in [-0.1, -0.05) is 17.8 Å². The quantitative estimate of drug-likeness (QED) is 0.268. The summed E-state index contributed by atoms with van der Waals surface area (Å²) in [6.45, 7) is 16.1. The topological polar surface area (TPSA) is 22.7 Å². The number of hydrogen-bond acceptors (Lipinski definition) is 7. The van der Waals surface area contributed by atoms with Gasteiger partial charge in [0.2, 0.25) is 0 Å². The predicted molar refractivity (Wildman–Crippen MR) is 180 cm³/mol. The van der Waals surface area contributed by atoms with Gasteiger partial charge >= 0.3 is 0 Å². The number of nitrogens with zero attached hydrogens (tertiary/aromatic N) is 7. The van der Waals surface area contributed by atoms with Crippen molar-refractivity contribution in [3.05, 3.63) is 151 Å². The molecule has 3 aromatic rings. The number of fused-ring (bicyclic) bond motifs is 2. The molecule has 46 heavy (non-hydrogen) atoms. The van der Waals surface area contributed by atoms with Crippen LogP contribution in [-0.2, 0) is 20.1 Å². The zero-order valence-electron chi connectivity index (χ0n) is 26.6. The molecule has 5 heterocycles. The van der Waals surface area contributed by atoms with E-state index in [2.05, 4.69) is 148 Å². The monoisotopic (exact) mass is 786 g/mol. The predicted octanol–water partition coefficient (Wildman–Crippen LogP) is 6.37. The van der Waals surface area contributed by atoms with Gasteiger partial charge in [0.05, 0.1) is 0 Å². The SMILES string of the molecule is CC1=CN(CCN2CC[C-]3[C-](N4C=C(C)N(c5[c-]cccc5)[CH-]4)c4ccccc4N4C(C)=CN(CC2)C34)[CH-]N1c1[c-]cccc1.[Ir]. The van der Waals surface area contributed by atoms with Gasteiger partial charge in [-0.15, -0.1) is 17.4 Å². The average Bonchev–Trinajstić information content (AvgIpc) is 3.74. The number of rotatable bonds is 6. The van der Waals surface area contributed by atoms with E-state index in [-0.39, 0.29) is 26.3 Å². The van der Waals surface area contributed by atoms with Crippen molar-refractivity contribution in [2.75, 3.05) is 47.4 Å². The molecule has 5 aliphatic heterocycles. The van der Waals surface area contributed by atoms with Gasteiger partial charge in [0.15, 0.2) is 0 Å². The van der Waals surface area contributed by atoms with E-state index >= 15 is 0 Å². The van der Waals surface area contributed by atoms with E-state index in [0.29, 0.717) is 0 Å². The van der Waals surface area contributed by atoms with Crippen molar-refractivity contribution in [3.8, 4) is 0 Å². The van der Waals surface area contributed by atoms with Crippen LogP contribution in [0.25, 0.3) is 0 Å². The molecule has 0 bridgehead atoms. The van der Waals surface area contributed by atoms with Gasteiger partial charge in [-0.2, -0.15) is 92.1 Å². The van der Waals surface area contributed by atoms with Gasteiger partial charge in [-0.25, -0.2) is 0 Å². The first kappa shape index (κ1) is 30.8. The Balaban J connectivity index is 0.00000338. The summed E-state index contributed by atoms with van der Waals surface area (Å²) in [6, 6.07) is 33.4. The molecule has 241 valence electrons. The normalized spacial score (nSPS) is 21.4. The largest absolute Gasteiger partial charge is 0.561 e. The van der Waals surface area contributed by atoms with Gasteiger partial charge < -0.3 is 34.3 Å². The van der Waals surface area contributed by atoms with Crippen LogP contribution < -0.4 is 14.7 Å². The molecule has 8 rings (SSSR count). The fourth-order valence-corrected chi connectivity index (χ4v) is 7.34. The fraction of sp³-hybridized carbons (Fsp3) is 0.263. The average molecular weight is 786 g/mol. The molecule has 1 saturated heterocycles. The van der Waals surface area contributed by atoms with Crippen molar-refractivity contribution < 1.29 is 20.1 Å². The smallest absolute Gasteiger partial charge is 0.0292 e. The van der Waals surface area contributed by atoms with Crippen molar-refractivity contribution in [1.82, 2.24) is 19.6 Å². The van der Waals surface area contributed by atoms with Crippen LogP contribution in [0.1, 0.15) is 32.8 Å². The van der Waals surface area contributed by atoms with Gasteiger partial charge in [0.1, 0.15) is 0 Å². The van der Waals surface area contributed by atoms with Crippen LogP contribution in [-0.4, -0.2) is 58.5 Å². The molecule has 1 atom stereocenters. The first-order valence-corrected chi connectivity index (χ1v) is 16.0. The molecule has 8 heteroatoms. The van der Waals surface area contributed by atoms with Crippen molar-refractivity contribution in [3.63, 3.8) is 0 Å². The van der Waals surface area contributed by atoms with Crippen molar-refractivity contribution in [1.29, 1.82) is 0 Å². The van der Waals surface area contributed by atoms with E-state index in [4.69, 9.17) is 0 Å². The van der Waals surface area contributed by atoms with Crippen molar-refractivity contribution in [2.24, 2.45) is 0 Å². The summed E-state index contributed by atoms with van der Waals surface area (Å²) in [5.41, 5.74) is 8.41. The van der Waals surface area contributed by atoms with Crippen molar-refractivity contribution in [2.45, 2.75) is 33.4 Å². The molecule has 7 nitrogen and oxygen atoms in total. The van der Waals surface area contributed by atoms with Crippen LogP contribution in [0.4, 0.5) is 17.1 Å². The summed E-state index contributed by atoms with van der Waals surface area (Å²) in [7, 11) is 0. The summed E-state index contributed by atoms with van der Waals surface area (Å²) in [6.07, 6.45) is 8.10. The maximum atomic E-state index is 3.41. The molecule has 0 N–H and O–H groups in total. The molecule has 1 fully saturated rings. The molecule has 3 aromatic carbocycles. The van der Waals surface area contributed by atoms with E-state index in [0.717, 1.165) is 50.5 Å². The van der Waals surface area contributed by atoms with Crippen LogP contribution >= 0.6 is 0 Å². The number of anilines is 3. The Morgan fingerprint density at radius 3 is 2.17 bits per heavy atom. The number of para-hydroxylation sites is 3. The van der Waals surface area contributed by atoms with E-state index in [9.17, 15) is 0 Å². The molecule has 0 aliphatic carbocycles. The van der Waals surface area contributed by atoms with Gasteiger partial charge in [0.25, 0.3) is 0 Å². The molecular weight excluding hydrogens is 747 g/mol. The third-order valence-electron chi connectivity index (χ3n) is 9.48. The maximum absolute atomic E-state index is 3.41. The summed E-state index contributed by atoms with van der Waals surface area (Å²) in [5, 5.41) is 0. The van der Waals surface area contributed by atoms with Gasteiger partial charge in [-0.3, -0.25) is 12.0 Å². The molecule has 0 spiro atoms. The van der Waals surface area contributed by atoms with E-state index in [1.807, 2.05) is 24.3 Å². The minimum atomic E-state index is 0. The maximum Gasteiger partial charge on any atom is 0.0292 e. The Kier molecular flexibility index (Phi) is 8.53. The molecule has 0 amide bonds. The van der Waals surface area contributed by atoms with Crippen LogP contribution in [0.15, 0.2) is 108 Å². The van der Waals surface area contributed by atoms with E-state index in [1.165, 1.54) is 40.3 Å². The Morgan fingerprint density at radius 1 is 0.739 bits per heavy atom. The van der Waals surface area contributed by atoms with Crippen molar-refractivity contribution >= 4 is 17.1 Å². The Labute approximate surface area is 288 Å². The summed E-state index contributed by atoms with van der Waals surface area (Å²) in [5.74, 6) is 1.47. The number of allylic oxidation sites excluding steroid dienone is 3. The zero-order chi connectivity index (χ0) is 30.5. The summed E-state index contributed by atoms with van der Waals surface area (Å²) >= 11 is 0. The number of hydrogen-bond donors (Lipinski definition) is 0. The molecule has 1 unspecified atom stereocenters. The third-order valence-corrected chi connectivity index (χ3v) is 9.48. The molecule has 0 aromatic heterocycles. The Morgan fingerprint density at radius 2 is 1.43 bits per heavy atom. The first-order chi connectivity index (χ1) is 22.0. The third kappa shape index (κ3) is 5.46. The minimum Gasteiger partial charge on any atom is -0.561 e. The van der Waals surface area contributed by atoms with Crippen LogP contribution in [0.5, 0.6) is 0 Å². The summed E-state index contributed by atoms with van der Waals surface area (Å²) in [4.78, 5) is 16.9. The van der Waals surface area contributed by atoms with E-state index < -0.39 is 0 Å². The molecular formula is C38H39IrN7-6. The molecule has 1 radical (unpaired) electrons. The second-order valence-corrected chi connectivity index (χ2v) is 12.4. The zero-order valence-corrected chi connectivity index (χ0v) is 29.0. The van der Waals surface area contributed by atoms with Gasteiger partial charge in [0, 0.05) is 58.2 Å². The van der Waals surface area contributed by atoms with Crippen LogP contribution in [0.3, 0.4) is 0 Å². The minimum absolute atomic E-state index is 0. The van der Waals surface area contributed by atoms with E-state index in [1.54, 1.807) is 0 Å². The van der Waals surface area contributed by atoms with Gasteiger partial charge in [-0.05, 0) is 57.3 Å². The Bertz CT molecular complexity index is 1620. The Hall–Kier alpha value is -3.84. The summed E-state index contributed by atoms with van der Waals surface area (Å²) < 4.78 is 0. The number of benzene rings is 3. The second kappa shape index (κ2) is 12.7.